The van der Waals surface area contributed by atoms with E-state index in [4.69, 9.17) is 9.15 Å². The summed E-state index contributed by atoms with van der Waals surface area (Å²) in [5.41, 5.74) is 3.80. The van der Waals surface area contributed by atoms with E-state index in [9.17, 15) is 4.79 Å². The number of rotatable bonds is 7. The molecule has 7 heteroatoms. The van der Waals surface area contributed by atoms with E-state index in [2.05, 4.69) is 15.5 Å². The van der Waals surface area contributed by atoms with Gasteiger partial charge in [-0.1, -0.05) is 29.5 Å². The van der Waals surface area contributed by atoms with E-state index in [1.54, 1.807) is 0 Å². The van der Waals surface area contributed by atoms with Crippen molar-refractivity contribution in [3.63, 3.8) is 0 Å². The highest BCUT2D eigenvalue weighted by Gasteiger charge is 2.19. The molecule has 0 aliphatic carbocycles. The molecule has 3 aromatic rings. The number of carbonyl (C=O) groups excluding carboxylic acids is 1. The van der Waals surface area contributed by atoms with Gasteiger partial charge in [0.2, 0.25) is 11.8 Å². The average molecular weight is 398 g/mol. The van der Waals surface area contributed by atoms with E-state index in [1.807, 2.05) is 70.2 Å². The number of ether oxygens (including phenoxy) is 1. The Bertz CT molecular complexity index is 954. The summed E-state index contributed by atoms with van der Waals surface area (Å²) in [6, 6.07) is 13.4. The van der Waals surface area contributed by atoms with Crippen LogP contribution in [0.25, 0.3) is 11.5 Å². The van der Waals surface area contributed by atoms with Gasteiger partial charge in [0.15, 0.2) is 0 Å². The summed E-state index contributed by atoms with van der Waals surface area (Å²) in [6.07, 6.45) is 0. The molecule has 0 unspecified atom stereocenters. The first-order chi connectivity index (χ1) is 13.5. The third-order valence-corrected chi connectivity index (χ3v) is 5.04. The molecule has 28 heavy (non-hydrogen) atoms. The number of aryl methyl sites for hydroxylation is 2. The van der Waals surface area contributed by atoms with Crippen LogP contribution in [0.4, 0.5) is 5.69 Å². The van der Waals surface area contributed by atoms with Gasteiger partial charge in [0, 0.05) is 11.3 Å². The van der Waals surface area contributed by atoms with Crippen molar-refractivity contribution in [1.82, 2.24) is 10.2 Å². The minimum Gasteiger partial charge on any atom is -0.494 e. The fourth-order valence-corrected chi connectivity index (χ4v) is 3.31. The summed E-state index contributed by atoms with van der Waals surface area (Å²) in [5, 5.41) is 11.0. The zero-order valence-corrected chi connectivity index (χ0v) is 17.2. The van der Waals surface area contributed by atoms with Crippen LogP contribution >= 0.6 is 11.8 Å². The quantitative estimate of drug-likeness (QED) is 0.573. The van der Waals surface area contributed by atoms with Crippen LogP contribution in [0.1, 0.15) is 25.0 Å². The topological polar surface area (TPSA) is 77.2 Å². The molecule has 3 rings (SSSR count). The number of thioether (sulfide) groups is 1. The van der Waals surface area contributed by atoms with Gasteiger partial charge in [-0.15, -0.1) is 10.2 Å². The van der Waals surface area contributed by atoms with Crippen LogP contribution in [0.2, 0.25) is 0 Å². The van der Waals surface area contributed by atoms with Crippen LogP contribution in [0.5, 0.6) is 5.75 Å². The number of anilines is 1. The highest BCUT2D eigenvalue weighted by atomic mass is 32.2. The average Bonchev–Trinajstić information content (AvgIpc) is 3.13. The molecule has 0 aliphatic heterocycles. The number of carbonyl (C=O) groups is 1. The molecule has 1 heterocycles. The van der Waals surface area contributed by atoms with Crippen LogP contribution in [-0.2, 0) is 4.79 Å². The lowest BCUT2D eigenvalue weighted by Crippen LogP contribution is -2.22. The Morgan fingerprint density at radius 2 is 1.93 bits per heavy atom. The minimum atomic E-state index is -0.380. The van der Waals surface area contributed by atoms with Crippen LogP contribution in [0.3, 0.4) is 0 Å². The van der Waals surface area contributed by atoms with Crippen molar-refractivity contribution in [2.45, 2.75) is 38.2 Å². The monoisotopic (exact) mass is 397 g/mol. The lowest BCUT2D eigenvalue weighted by atomic mass is 10.1. The maximum absolute atomic E-state index is 12.5. The van der Waals surface area contributed by atoms with Crippen LogP contribution < -0.4 is 10.1 Å². The normalized spacial score (nSPS) is 11.9. The number of hydrogen-bond acceptors (Lipinski definition) is 6. The molecule has 1 N–H and O–H groups in total. The second-order valence-electron chi connectivity index (χ2n) is 6.40. The van der Waals surface area contributed by atoms with Gasteiger partial charge in [-0.05, 0) is 63.6 Å². The van der Waals surface area contributed by atoms with Crippen LogP contribution in [-0.4, -0.2) is 28.0 Å². The molecule has 0 saturated carbocycles. The first-order valence-corrected chi connectivity index (χ1v) is 9.95. The lowest BCUT2D eigenvalue weighted by molar-refractivity contribution is -0.115. The van der Waals surface area contributed by atoms with Crippen molar-refractivity contribution < 1.29 is 13.9 Å². The molecule has 1 amide bonds. The Labute approximate surface area is 168 Å². The van der Waals surface area contributed by atoms with Crippen molar-refractivity contribution >= 4 is 23.4 Å². The second-order valence-corrected chi connectivity index (χ2v) is 7.69. The van der Waals surface area contributed by atoms with Crippen molar-refractivity contribution in [3.8, 4) is 17.2 Å². The molecule has 1 aromatic heterocycles. The zero-order chi connectivity index (χ0) is 20.1. The molecule has 146 valence electrons. The van der Waals surface area contributed by atoms with Gasteiger partial charge in [0.1, 0.15) is 5.75 Å². The maximum atomic E-state index is 12.5. The van der Waals surface area contributed by atoms with E-state index in [-0.39, 0.29) is 11.2 Å². The van der Waals surface area contributed by atoms with Gasteiger partial charge < -0.3 is 14.5 Å². The zero-order valence-electron chi connectivity index (χ0n) is 16.4. The number of hydrogen-bond donors (Lipinski definition) is 1. The molecule has 0 radical (unpaired) electrons. The van der Waals surface area contributed by atoms with E-state index in [0.717, 1.165) is 28.1 Å². The Balaban J connectivity index is 1.62. The standard InChI is InChI=1S/C21H23N3O3S/c1-5-26-17-9-7-16(8-10-17)20-23-24-21(27-20)28-15(4)19(25)22-18-11-6-13(2)12-14(18)3/h6-12,15H,5H2,1-4H3,(H,22,25)/t15-/m0/s1. The van der Waals surface area contributed by atoms with Crippen LogP contribution in [0.15, 0.2) is 52.1 Å². The predicted octanol–water partition coefficient (Wildman–Crippen LogP) is 4.87. The lowest BCUT2D eigenvalue weighted by Gasteiger charge is -2.12. The molecular formula is C21H23N3O3S. The fourth-order valence-electron chi connectivity index (χ4n) is 2.63. The smallest absolute Gasteiger partial charge is 0.277 e. The molecule has 1 atom stereocenters. The van der Waals surface area contributed by atoms with E-state index in [1.165, 1.54) is 11.8 Å². The molecule has 0 saturated heterocycles. The van der Waals surface area contributed by atoms with Crippen molar-refractivity contribution in [2.75, 3.05) is 11.9 Å². The first-order valence-electron chi connectivity index (χ1n) is 9.07. The summed E-state index contributed by atoms with van der Waals surface area (Å²) in [4.78, 5) is 12.5. The SMILES string of the molecule is CCOc1ccc(-c2nnc(S[C@@H](C)C(=O)Nc3ccc(C)cc3C)o2)cc1. The van der Waals surface area contributed by atoms with E-state index in [0.29, 0.717) is 17.7 Å². The molecule has 0 fully saturated rings. The summed E-state index contributed by atoms with van der Waals surface area (Å²) < 4.78 is 11.1. The molecule has 0 bridgehead atoms. The highest BCUT2D eigenvalue weighted by molar-refractivity contribution is 8.00. The third kappa shape index (κ3) is 4.92. The number of benzene rings is 2. The van der Waals surface area contributed by atoms with Gasteiger partial charge >= 0.3 is 0 Å². The Kier molecular flexibility index (Phi) is 6.36. The number of aromatic nitrogens is 2. The summed E-state index contributed by atoms with van der Waals surface area (Å²) in [6.45, 7) is 8.36. The first kappa shape index (κ1) is 19.9. The molecule has 2 aromatic carbocycles. The Morgan fingerprint density at radius 3 is 2.61 bits per heavy atom. The van der Waals surface area contributed by atoms with Crippen molar-refractivity contribution in [3.05, 3.63) is 53.6 Å². The van der Waals surface area contributed by atoms with Gasteiger partial charge in [-0.2, -0.15) is 0 Å². The van der Waals surface area contributed by atoms with Crippen LogP contribution in [0, 0.1) is 13.8 Å². The van der Waals surface area contributed by atoms with Gasteiger partial charge in [-0.3, -0.25) is 4.79 Å². The maximum Gasteiger partial charge on any atom is 0.277 e. The van der Waals surface area contributed by atoms with Crippen molar-refractivity contribution in [1.29, 1.82) is 0 Å². The Hall–Kier alpha value is -2.80. The summed E-state index contributed by atoms with van der Waals surface area (Å²) >= 11 is 1.23. The van der Waals surface area contributed by atoms with Crippen molar-refractivity contribution in [2.24, 2.45) is 0 Å². The molecule has 0 spiro atoms. The summed E-state index contributed by atoms with van der Waals surface area (Å²) in [5.74, 6) is 1.09. The van der Waals surface area contributed by atoms with Gasteiger partial charge in [0.25, 0.3) is 5.22 Å². The largest absolute Gasteiger partial charge is 0.494 e. The fraction of sp³-hybridized carbons (Fsp3) is 0.286. The third-order valence-electron chi connectivity index (χ3n) is 4.11. The van der Waals surface area contributed by atoms with Gasteiger partial charge in [-0.25, -0.2) is 0 Å². The predicted molar refractivity (Wildman–Crippen MR) is 111 cm³/mol. The Morgan fingerprint density at radius 1 is 1.18 bits per heavy atom. The number of nitrogens with zero attached hydrogens (tertiary/aromatic N) is 2. The number of nitrogens with one attached hydrogen (secondary N) is 1. The number of amides is 1. The van der Waals surface area contributed by atoms with Gasteiger partial charge in [0.05, 0.1) is 11.9 Å². The molecular weight excluding hydrogens is 374 g/mol. The highest BCUT2D eigenvalue weighted by Crippen LogP contribution is 2.28. The van der Waals surface area contributed by atoms with E-state index < -0.39 is 0 Å². The molecule has 0 aliphatic rings. The van der Waals surface area contributed by atoms with E-state index >= 15 is 0 Å². The second kappa shape index (κ2) is 8.93. The minimum absolute atomic E-state index is 0.113. The molecule has 6 nitrogen and oxygen atoms in total. The summed E-state index contributed by atoms with van der Waals surface area (Å²) in [7, 11) is 0.